The van der Waals surface area contributed by atoms with E-state index in [1.165, 1.54) is 0 Å². The highest BCUT2D eigenvalue weighted by Gasteiger charge is 2.04. The second-order valence-corrected chi connectivity index (χ2v) is 2.95. The zero-order chi connectivity index (χ0) is 9.40. The van der Waals surface area contributed by atoms with Gasteiger partial charge in [0.1, 0.15) is 0 Å². The maximum Gasteiger partial charge on any atom is 0.302 e. The van der Waals surface area contributed by atoms with E-state index in [0.717, 1.165) is 25.9 Å². The maximum absolute atomic E-state index is 11.9. The van der Waals surface area contributed by atoms with Crippen LogP contribution in [0.1, 0.15) is 33.1 Å². The SMILES string of the molecule is CCCN(CCC)CCC(=O)F. The Labute approximate surface area is 73.7 Å². The van der Waals surface area contributed by atoms with Gasteiger partial charge >= 0.3 is 6.04 Å². The van der Waals surface area contributed by atoms with Gasteiger partial charge in [-0.2, -0.15) is 4.39 Å². The van der Waals surface area contributed by atoms with Crippen molar-refractivity contribution in [3.8, 4) is 0 Å². The molecule has 0 amide bonds. The molecule has 0 aliphatic rings. The quantitative estimate of drug-likeness (QED) is 0.551. The number of nitrogens with zero attached hydrogens (tertiary/aromatic N) is 1. The largest absolute Gasteiger partial charge is 0.303 e. The molecule has 72 valence electrons. The topological polar surface area (TPSA) is 20.3 Å². The van der Waals surface area contributed by atoms with Gasteiger partial charge in [-0.3, -0.25) is 4.79 Å². The van der Waals surface area contributed by atoms with Crippen molar-refractivity contribution >= 4 is 6.04 Å². The van der Waals surface area contributed by atoms with Crippen LogP contribution in [0.2, 0.25) is 0 Å². The zero-order valence-corrected chi connectivity index (χ0v) is 7.98. The van der Waals surface area contributed by atoms with Gasteiger partial charge in [0.15, 0.2) is 0 Å². The van der Waals surface area contributed by atoms with Crippen molar-refractivity contribution in [2.75, 3.05) is 19.6 Å². The van der Waals surface area contributed by atoms with Crippen molar-refractivity contribution in [3.05, 3.63) is 0 Å². The summed E-state index contributed by atoms with van der Waals surface area (Å²) in [7, 11) is 0. The molecule has 0 saturated carbocycles. The molecule has 0 bridgehead atoms. The van der Waals surface area contributed by atoms with Gasteiger partial charge in [0.05, 0.1) is 6.42 Å². The predicted molar refractivity (Wildman–Crippen MR) is 47.8 cm³/mol. The third-order valence-corrected chi connectivity index (χ3v) is 1.70. The summed E-state index contributed by atoms with van der Waals surface area (Å²) in [5.41, 5.74) is 0. The fourth-order valence-corrected chi connectivity index (χ4v) is 1.21. The predicted octanol–water partition coefficient (Wildman–Crippen LogP) is 1.99. The van der Waals surface area contributed by atoms with Gasteiger partial charge in [-0.25, -0.2) is 0 Å². The van der Waals surface area contributed by atoms with Crippen molar-refractivity contribution in [1.29, 1.82) is 0 Å². The summed E-state index contributed by atoms with van der Waals surface area (Å²) in [5, 5.41) is 0. The Morgan fingerprint density at radius 2 is 1.67 bits per heavy atom. The Hall–Kier alpha value is -0.440. The molecule has 0 unspecified atom stereocenters. The lowest BCUT2D eigenvalue weighted by Gasteiger charge is -2.19. The highest BCUT2D eigenvalue weighted by molar-refractivity contribution is 5.67. The molecule has 0 aromatic heterocycles. The van der Waals surface area contributed by atoms with Gasteiger partial charge < -0.3 is 4.90 Å². The van der Waals surface area contributed by atoms with E-state index in [1.807, 2.05) is 0 Å². The molecule has 0 atom stereocenters. The summed E-state index contributed by atoms with van der Waals surface area (Å²) in [4.78, 5) is 12.2. The van der Waals surface area contributed by atoms with E-state index in [2.05, 4.69) is 18.7 Å². The first-order chi connectivity index (χ1) is 5.70. The minimum Gasteiger partial charge on any atom is -0.303 e. The van der Waals surface area contributed by atoms with Crippen LogP contribution in [-0.2, 0) is 4.79 Å². The fourth-order valence-electron chi connectivity index (χ4n) is 1.21. The first kappa shape index (κ1) is 11.6. The molecule has 0 heterocycles. The van der Waals surface area contributed by atoms with Crippen LogP contribution in [-0.4, -0.2) is 30.6 Å². The summed E-state index contributed by atoms with van der Waals surface area (Å²) in [6.45, 7) is 6.65. The molecule has 0 aromatic rings. The third kappa shape index (κ3) is 6.28. The van der Waals surface area contributed by atoms with Gasteiger partial charge in [0, 0.05) is 6.54 Å². The van der Waals surface area contributed by atoms with Gasteiger partial charge in [0.25, 0.3) is 0 Å². The molecule has 0 saturated heterocycles. The summed E-state index contributed by atoms with van der Waals surface area (Å²) in [5.74, 6) is 0. The fraction of sp³-hybridized carbons (Fsp3) is 0.889. The second kappa shape index (κ2) is 7.22. The summed E-state index contributed by atoms with van der Waals surface area (Å²) in [6.07, 6.45) is 2.15. The standard InChI is InChI=1S/C9H18FNO/c1-3-6-11(7-4-2)8-5-9(10)12/h3-8H2,1-2H3. The van der Waals surface area contributed by atoms with E-state index < -0.39 is 6.04 Å². The molecule has 0 rings (SSSR count). The Morgan fingerprint density at radius 1 is 1.17 bits per heavy atom. The van der Waals surface area contributed by atoms with Gasteiger partial charge in [-0.05, 0) is 25.9 Å². The highest BCUT2D eigenvalue weighted by atomic mass is 19.1. The summed E-state index contributed by atoms with van der Waals surface area (Å²) < 4.78 is 11.9. The lowest BCUT2D eigenvalue weighted by molar-refractivity contribution is -0.129. The molecule has 12 heavy (non-hydrogen) atoms. The Bertz CT molecular complexity index is 122. The van der Waals surface area contributed by atoms with E-state index in [9.17, 15) is 9.18 Å². The van der Waals surface area contributed by atoms with Crippen LogP contribution in [0.3, 0.4) is 0 Å². The van der Waals surface area contributed by atoms with Crippen LogP contribution in [0, 0.1) is 0 Å². The monoisotopic (exact) mass is 175 g/mol. The zero-order valence-electron chi connectivity index (χ0n) is 7.98. The van der Waals surface area contributed by atoms with Crippen molar-refractivity contribution in [1.82, 2.24) is 4.90 Å². The number of carbonyl (C=O) groups is 1. The molecule has 3 heteroatoms. The number of hydrogen-bond acceptors (Lipinski definition) is 2. The van der Waals surface area contributed by atoms with Crippen LogP contribution in [0.5, 0.6) is 0 Å². The molecule has 0 aromatic carbocycles. The van der Waals surface area contributed by atoms with E-state index in [1.54, 1.807) is 0 Å². The average molecular weight is 175 g/mol. The molecular formula is C9H18FNO. The lowest BCUT2D eigenvalue weighted by Crippen LogP contribution is -2.27. The average Bonchev–Trinajstić information content (AvgIpc) is 2.01. The van der Waals surface area contributed by atoms with Crippen LogP contribution >= 0.6 is 0 Å². The molecule has 0 radical (unpaired) electrons. The van der Waals surface area contributed by atoms with Crippen LogP contribution in [0.15, 0.2) is 0 Å². The van der Waals surface area contributed by atoms with Crippen LogP contribution in [0.4, 0.5) is 4.39 Å². The maximum atomic E-state index is 11.9. The number of rotatable bonds is 7. The molecule has 0 fully saturated rings. The first-order valence-corrected chi connectivity index (χ1v) is 4.61. The normalized spacial score (nSPS) is 10.7. The van der Waals surface area contributed by atoms with E-state index in [4.69, 9.17) is 0 Å². The third-order valence-electron chi connectivity index (χ3n) is 1.70. The van der Waals surface area contributed by atoms with Gasteiger partial charge in [-0.15, -0.1) is 0 Å². The lowest BCUT2D eigenvalue weighted by atomic mass is 10.3. The summed E-state index contributed by atoms with van der Waals surface area (Å²) in [6, 6.07) is -1.20. The first-order valence-electron chi connectivity index (χ1n) is 4.61. The van der Waals surface area contributed by atoms with Gasteiger partial charge in [0.2, 0.25) is 0 Å². The van der Waals surface area contributed by atoms with Crippen molar-refractivity contribution in [2.45, 2.75) is 33.1 Å². The van der Waals surface area contributed by atoms with Crippen LogP contribution < -0.4 is 0 Å². The van der Waals surface area contributed by atoms with E-state index >= 15 is 0 Å². The van der Waals surface area contributed by atoms with E-state index in [0.29, 0.717) is 6.54 Å². The molecule has 0 N–H and O–H groups in total. The van der Waals surface area contributed by atoms with Crippen molar-refractivity contribution in [2.24, 2.45) is 0 Å². The molecule has 0 aliphatic carbocycles. The molecule has 2 nitrogen and oxygen atoms in total. The Balaban J connectivity index is 3.54. The Kier molecular flexibility index (Phi) is 6.96. The van der Waals surface area contributed by atoms with Crippen LogP contribution in [0.25, 0.3) is 0 Å². The number of halogens is 1. The van der Waals surface area contributed by atoms with Gasteiger partial charge in [-0.1, -0.05) is 13.8 Å². The van der Waals surface area contributed by atoms with E-state index in [-0.39, 0.29) is 6.42 Å². The smallest absolute Gasteiger partial charge is 0.302 e. The summed E-state index contributed by atoms with van der Waals surface area (Å²) >= 11 is 0. The molecule has 0 aliphatic heterocycles. The highest BCUT2D eigenvalue weighted by Crippen LogP contribution is 1.96. The Morgan fingerprint density at radius 3 is 2.00 bits per heavy atom. The number of carbonyl (C=O) groups excluding carboxylic acids is 1. The van der Waals surface area contributed by atoms with Crippen molar-refractivity contribution < 1.29 is 9.18 Å². The molecular weight excluding hydrogens is 157 g/mol. The number of hydrogen-bond donors (Lipinski definition) is 0. The minimum absolute atomic E-state index is 0.0417. The minimum atomic E-state index is -1.20. The molecule has 0 spiro atoms. The second-order valence-electron chi connectivity index (χ2n) is 2.95. The van der Waals surface area contributed by atoms with Crippen molar-refractivity contribution in [3.63, 3.8) is 0 Å².